The second kappa shape index (κ2) is 20.5. The van der Waals surface area contributed by atoms with Crippen LogP contribution in [0.15, 0.2) is 84.9 Å². The van der Waals surface area contributed by atoms with Crippen LogP contribution in [0.3, 0.4) is 0 Å². The van der Waals surface area contributed by atoms with Crippen molar-refractivity contribution < 1.29 is 29.0 Å². The van der Waals surface area contributed by atoms with Gasteiger partial charge in [0.05, 0.1) is 6.61 Å². The molecule has 0 saturated carbocycles. The summed E-state index contributed by atoms with van der Waals surface area (Å²) in [7, 11) is 0. The molecule has 0 bridgehead atoms. The van der Waals surface area contributed by atoms with Gasteiger partial charge in [0, 0.05) is 6.54 Å². The Morgan fingerprint density at radius 2 is 1.52 bits per heavy atom. The van der Waals surface area contributed by atoms with Gasteiger partial charge in [0.2, 0.25) is 5.54 Å². The Morgan fingerprint density at radius 1 is 0.833 bits per heavy atom. The van der Waals surface area contributed by atoms with Gasteiger partial charge in [-0.1, -0.05) is 105 Å². The molecule has 10 nitrogen and oxygen atoms in total. The van der Waals surface area contributed by atoms with E-state index in [1.807, 2.05) is 79.7 Å². The van der Waals surface area contributed by atoms with E-state index in [1.54, 1.807) is 0 Å². The molecule has 3 aromatic carbocycles. The molecule has 0 heterocycles. The van der Waals surface area contributed by atoms with E-state index in [0.29, 0.717) is 38.6 Å². The molecular weight excluding hydrogens is 608 g/mol. The van der Waals surface area contributed by atoms with Crippen LogP contribution in [-0.4, -0.2) is 53.7 Å². The smallest absolute Gasteiger partial charge is 0.341 e. The number of unbranched alkanes of at least 4 members (excludes halogenated alkanes) is 4. The summed E-state index contributed by atoms with van der Waals surface area (Å²) in [5.74, 6) is -2.82. The minimum Gasteiger partial charge on any atom is -0.480 e. The van der Waals surface area contributed by atoms with Gasteiger partial charge in [-0.3, -0.25) is 4.79 Å². The van der Waals surface area contributed by atoms with E-state index in [4.69, 9.17) is 10.5 Å². The molecule has 258 valence electrons. The number of carboxylic acids is 1. The number of ether oxygens (including phenoxy) is 1. The molecule has 2 atom stereocenters. The Bertz CT molecular complexity index is 1440. The predicted octanol–water partition coefficient (Wildman–Crippen LogP) is 5.74. The Kier molecular flexibility index (Phi) is 16.1. The molecule has 0 saturated heterocycles. The number of esters is 1. The van der Waals surface area contributed by atoms with Crippen LogP contribution in [-0.2, 0) is 32.1 Å². The van der Waals surface area contributed by atoms with Crippen LogP contribution in [0.25, 0.3) is 11.1 Å². The zero-order valence-corrected chi connectivity index (χ0v) is 27.9. The molecule has 10 heteroatoms. The third-order valence-corrected chi connectivity index (χ3v) is 8.25. The molecule has 3 amide bonds. The summed E-state index contributed by atoms with van der Waals surface area (Å²) in [6, 6.07) is 25.2. The number of aryl methyl sites for hydroxylation is 1. The largest absolute Gasteiger partial charge is 0.480 e. The lowest BCUT2D eigenvalue weighted by Crippen LogP contribution is -2.66. The molecule has 48 heavy (non-hydrogen) atoms. The van der Waals surface area contributed by atoms with Gasteiger partial charge < -0.3 is 31.5 Å². The van der Waals surface area contributed by atoms with Crippen molar-refractivity contribution in [1.82, 2.24) is 16.0 Å². The summed E-state index contributed by atoms with van der Waals surface area (Å²) >= 11 is 0. The van der Waals surface area contributed by atoms with Crippen LogP contribution in [0.4, 0.5) is 4.79 Å². The van der Waals surface area contributed by atoms with Crippen LogP contribution in [0, 0.1) is 0 Å². The number of carbonyl (C=O) groups is 4. The van der Waals surface area contributed by atoms with E-state index < -0.39 is 35.5 Å². The van der Waals surface area contributed by atoms with E-state index >= 15 is 0 Å². The number of benzene rings is 3. The van der Waals surface area contributed by atoms with Crippen LogP contribution < -0.4 is 21.7 Å². The van der Waals surface area contributed by atoms with E-state index in [1.165, 1.54) is 5.56 Å². The summed E-state index contributed by atoms with van der Waals surface area (Å²) in [6.07, 6.45) is 5.30. The van der Waals surface area contributed by atoms with Gasteiger partial charge in [0.25, 0.3) is 5.91 Å². The highest BCUT2D eigenvalue weighted by molar-refractivity contribution is 6.10. The topological polar surface area (TPSA) is 160 Å². The SMILES string of the molecule is CCCCOC(=O)[C@](CCCCCc1ccccc1)(NC(=O)NC(CCCCN)C(=O)O)C(=O)NCc1ccccc1-c1ccccc1. The standard InChI is InChI=1S/C38H50N4O6/c1-2-3-27-48-36(46)38(25-15-6-9-19-29-17-7-4-8-18-29,42-37(47)41-33(34(43)44)24-14-16-26-39)35(45)40-28-31-22-12-13-23-32(31)30-20-10-5-11-21-30/h4-5,7-8,10-13,17-18,20-23,33H,2-3,6,9,14-16,19,24-28,39H2,1H3,(H,40,45)(H,43,44)(H2,41,42,47)/t33?,38-/m1/s1. The van der Waals surface area contributed by atoms with Gasteiger partial charge in [0.15, 0.2) is 0 Å². The second-order valence-electron chi connectivity index (χ2n) is 11.9. The molecule has 0 aromatic heterocycles. The maximum absolute atomic E-state index is 14.2. The van der Waals surface area contributed by atoms with Crippen molar-refractivity contribution in [2.45, 2.75) is 89.3 Å². The summed E-state index contributed by atoms with van der Waals surface area (Å²) in [6.45, 7) is 2.51. The third-order valence-electron chi connectivity index (χ3n) is 8.25. The van der Waals surface area contributed by atoms with Gasteiger partial charge in [0.1, 0.15) is 6.04 Å². The fraction of sp³-hybridized carbons (Fsp3) is 0.421. The fourth-order valence-corrected chi connectivity index (χ4v) is 5.49. The van der Waals surface area contributed by atoms with Crippen LogP contribution >= 0.6 is 0 Å². The van der Waals surface area contributed by atoms with Crippen LogP contribution in [0.2, 0.25) is 0 Å². The van der Waals surface area contributed by atoms with Crippen molar-refractivity contribution in [3.8, 4) is 11.1 Å². The minimum absolute atomic E-state index is 0.0305. The lowest BCUT2D eigenvalue weighted by atomic mass is 9.90. The lowest BCUT2D eigenvalue weighted by Gasteiger charge is -2.32. The number of hydrogen-bond donors (Lipinski definition) is 5. The monoisotopic (exact) mass is 658 g/mol. The second-order valence-corrected chi connectivity index (χ2v) is 11.9. The molecule has 1 unspecified atom stereocenters. The van der Waals surface area contributed by atoms with Gasteiger partial charge >= 0.3 is 18.0 Å². The van der Waals surface area contributed by atoms with Crippen molar-refractivity contribution in [2.24, 2.45) is 5.73 Å². The molecule has 3 aromatic rings. The first-order chi connectivity index (χ1) is 23.3. The number of amides is 3. The zero-order chi connectivity index (χ0) is 34.6. The minimum atomic E-state index is -2.09. The van der Waals surface area contributed by atoms with Gasteiger partial charge in [-0.05, 0) is 80.2 Å². The molecule has 0 aliphatic heterocycles. The summed E-state index contributed by atoms with van der Waals surface area (Å²) in [5, 5.41) is 17.7. The predicted molar refractivity (Wildman–Crippen MR) is 187 cm³/mol. The Balaban J connectivity index is 1.87. The zero-order valence-electron chi connectivity index (χ0n) is 27.9. The van der Waals surface area contributed by atoms with E-state index in [9.17, 15) is 24.3 Å². The molecule has 3 rings (SSSR count). The van der Waals surface area contributed by atoms with Crippen LogP contribution in [0.5, 0.6) is 0 Å². The number of carbonyl (C=O) groups excluding carboxylic acids is 3. The normalized spacial score (nSPS) is 12.7. The van der Waals surface area contributed by atoms with Crippen molar-refractivity contribution in [1.29, 1.82) is 0 Å². The van der Waals surface area contributed by atoms with E-state index in [-0.39, 0.29) is 26.0 Å². The van der Waals surface area contributed by atoms with Crippen LogP contribution in [0.1, 0.15) is 75.8 Å². The highest BCUT2D eigenvalue weighted by Gasteiger charge is 2.48. The number of hydrogen-bond acceptors (Lipinski definition) is 6. The molecule has 6 N–H and O–H groups in total. The van der Waals surface area contributed by atoms with Crippen molar-refractivity contribution in [3.63, 3.8) is 0 Å². The van der Waals surface area contributed by atoms with Gasteiger partial charge in [-0.25, -0.2) is 14.4 Å². The lowest BCUT2D eigenvalue weighted by molar-refractivity contribution is -0.156. The summed E-state index contributed by atoms with van der Waals surface area (Å²) in [4.78, 5) is 53.5. The van der Waals surface area contributed by atoms with E-state index in [2.05, 4.69) is 28.1 Å². The number of urea groups is 1. The first kappa shape index (κ1) is 37.8. The molecule has 0 aliphatic carbocycles. The summed E-state index contributed by atoms with van der Waals surface area (Å²) in [5.41, 5.74) is 7.37. The van der Waals surface area contributed by atoms with Crippen molar-refractivity contribution in [3.05, 3.63) is 96.1 Å². The highest BCUT2D eigenvalue weighted by atomic mass is 16.5. The molecule has 0 spiro atoms. The first-order valence-corrected chi connectivity index (χ1v) is 16.9. The molecule has 0 aliphatic rings. The molecular formula is C38H50N4O6. The average Bonchev–Trinajstić information content (AvgIpc) is 3.10. The first-order valence-electron chi connectivity index (χ1n) is 16.9. The van der Waals surface area contributed by atoms with Gasteiger partial charge in [-0.15, -0.1) is 0 Å². The number of nitrogens with two attached hydrogens (primary N) is 1. The summed E-state index contributed by atoms with van der Waals surface area (Å²) < 4.78 is 5.60. The van der Waals surface area contributed by atoms with Crippen molar-refractivity contribution >= 4 is 23.9 Å². The van der Waals surface area contributed by atoms with Gasteiger partial charge in [-0.2, -0.15) is 0 Å². The Labute approximate surface area is 283 Å². The maximum Gasteiger partial charge on any atom is 0.341 e. The third kappa shape index (κ3) is 11.8. The van der Waals surface area contributed by atoms with Crippen molar-refractivity contribution in [2.75, 3.05) is 13.2 Å². The van der Waals surface area contributed by atoms with E-state index in [0.717, 1.165) is 36.0 Å². The number of carboxylic acid groups (broad SMARTS) is 1. The fourth-order valence-electron chi connectivity index (χ4n) is 5.49. The molecule has 0 fully saturated rings. The highest BCUT2D eigenvalue weighted by Crippen LogP contribution is 2.25. The number of rotatable bonds is 21. The molecule has 0 radical (unpaired) electrons. The number of nitrogens with one attached hydrogen (secondary N) is 3. The Hall–Kier alpha value is -4.70. The number of aliphatic carboxylic acids is 1. The Morgan fingerprint density at radius 3 is 2.21 bits per heavy atom. The quantitative estimate of drug-likeness (QED) is 0.0555. The maximum atomic E-state index is 14.2. The average molecular weight is 659 g/mol.